The number of nitrogens with zero attached hydrogens (tertiary/aromatic N) is 2. The maximum atomic E-state index is 11.4. The second-order valence-electron chi connectivity index (χ2n) is 3.51. The monoisotopic (exact) mass is 341 g/mol. The first kappa shape index (κ1) is 13.8. The zero-order chi connectivity index (χ0) is 13.8. The summed E-state index contributed by atoms with van der Waals surface area (Å²) in [6.45, 7) is 0. The molecule has 0 unspecified atom stereocenters. The first-order valence-corrected chi connectivity index (χ1v) is 6.40. The van der Waals surface area contributed by atoms with Gasteiger partial charge in [0.1, 0.15) is 5.82 Å². The van der Waals surface area contributed by atoms with Gasteiger partial charge in [-0.15, -0.1) is 0 Å². The minimum atomic E-state index is -0.540. The van der Waals surface area contributed by atoms with E-state index >= 15 is 0 Å². The molecule has 0 saturated carbocycles. The number of rotatable bonds is 3. The molecule has 1 aromatic heterocycles. The Morgan fingerprint density at radius 3 is 2.95 bits per heavy atom. The number of carbonyl (C=O) groups is 1. The number of ether oxygens (including phenoxy) is 1. The molecule has 1 aromatic carbocycles. The summed E-state index contributed by atoms with van der Waals surface area (Å²) in [6, 6.07) is 5.38. The van der Waals surface area contributed by atoms with E-state index in [-0.39, 0.29) is 5.69 Å². The second-order valence-corrected chi connectivity index (χ2v) is 4.71. The summed E-state index contributed by atoms with van der Waals surface area (Å²) in [4.78, 5) is 19.4. The average molecular weight is 343 g/mol. The Morgan fingerprint density at radius 2 is 2.21 bits per heavy atom. The Hall–Kier alpha value is -1.66. The van der Waals surface area contributed by atoms with Crippen molar-refractivity contribution in [1.82, 2.24) is 9.97 Å². The van der Waals surface area contributed by atoms with E-state index in [0.29, 0.717) is 15.3 Å². The summed E-state index contributed by atoms with van der Waals surface area (Å²) in [7, 11) is 1.29. The van der Waals surface area contributed by atoms with Gasteiger partial charge in [0, 0.05) is 0 Å². The number of carbonyl (C=O) groups excluding carboxylic acids is 1. The van der Waals surface area contributed by atoms with Crippen LogP contribution < -0.4 is 5.32 Å². The third-order valence-corrected chi connectivity index (χ3v) is 3.64. The molecular formula is C12H9BrClN3O2. The van der Waals surface area contributed by atoms with Crippen molar-refractivity contribution in [2.24, 2.45) is 0 Å². The number of nitrogens with one attached hydrogen (secondary N) is 1. The van der Waals surface area contributed by atoms with Crippen molar-refractivity contribution in [3.8, 4) is 0 Å². The quantitative estimate of drug-likeness (QED) is 0.866. The SMILES string of the molecule is COC(=O)c1cncc(Nc2cccc(Cl)c2Br)n1. The second kappa shape index (κ2) is 5.99. The van der Waals surface area contributed by atoms with E-state index in [4.69, 9.17) is 11.6 Å². The van der Waals surface area contributed by atoms with Crippen molar-refractivity contribution in [2.45, 2.75) is 0 Å². The molecule has 0 fully saturated rings. The fraction of sp³-hybridized carbons (Fsp3) is 0.0833. The van der Waals surface area contributed by atoms with Gasteiger partial charge in [-0.25, -0.2) is 9.78 Å². The molecular weight excluding hydrogens is 334 g/mol. The highest BCUT2D eigenvalue weighted by molar-refractivity contribution is 9.10. The van der Waals surface area contributed by atoms with Crippen molar-refractivity contribution in [2.75, 3.05) is 12.4 Å². The number of esters is 1. The van der Waals surface area contributed by atoms with E-state index in [1.54, 1.807) is 12.1 Å². The summed E-state index contributed by atoms with van der Waals surface area (Å²) in [5.74, 6) is -0.118. The number of anilines is 2. The summed E-state index contributed by atoms with van der Waals surface area (Å²) in [5.41, 5.74) is 0.856. The molecule has 0 aliphatic heterocycles. The summed E-state index contributed by atoms with van der Waals surface area (Å²) in [6.07, 6.45) is 2.84. The fourth-order valence-corrected chi connectivity index (χ4v) is 1.91. The Morgan fingerprint density at radius 1 is 1.42 bits per heavy atom. The number of aromatic nitrogens is 2. The first-order valence-electron chi connectivity index (χ1n) is 5.23. The van der Waals surface area contributed by atoms with Gasteiger partial charge >= 0.3 is 5.97 Å². The molecule has 0 bridgehead atoms. The van der Waals surface area contributed by atoms with Crippen molar-refractivity contribution < 1.29 is 9.53 Å². The Kier molecular flexibility index (Phi) is 4.34. The van der Waals surface area contributed by atoms with Crippen LogP contribution in [0.3, 0.4) is 0 Å². The van der Waals surface area contributed by atoms with Crippen LogP contribution in [-0.4, -0.2) is 23.0 Å². The van der Waals surface area contributed by atoms with Crippen LogP contribution in [0.2, 0.25) is 5.02 Å². The molecule has 98 valence electrons. The van der Waals surface area contributed by atoms with Crippen LogP contribution in [0.5, 0.6) is 0 Å². The maximum absolute atomic E-state index is 11.4. The highest BCUT2D eigenvalue weighted by atomic mass is 79.9. The molecule has 5 nitrogen and oxygen atoms in total. The van der Waals surface area contributed by atoms with Gasteiger partial charge in [-0.1, -0.05) is 17.7 Å². The number of methoxy groups -OCH3 is 1. The van der Waals surface area contributed by atoms with Crippen LogP contribution in [0, 0.1) is 0 Å². The Balaban J connectivity index is 2.28. The molecule has 2 rings (SSSR count). The lowest BCUT2D eigenvalue weighted by Gasteiger charge is -2.09. The van der Waals surface area contributed by atoms with Crippen molar-refractivity contribution in [1.29, 1.82) is 0 Å². The molecule has 7 heteroatoms. The number of halogens is 2. The van der Waals surface area contributed by atoms with E-state index in [1.165, 1.54) is 19.5 Å². The molecule has 0 atom stereocenters. The smallest absolute Gasteiger partial charge is 0.358 e. The lowest BCUT2D eigenvalue weighted by Crippen LogP contribution is -2.06. The van der Waals surface area contributed by atoms with Crippen LogP contribution >= 0.6 is 27.5 Å². The maximum Gasteiger partial charge on any atom is 0.358 e. The molecule has 2 aromatic rings. The number of hydrogen-bond donors (Lipinski definition) is 1. The molecule has 1 N–H and O–H groups in total. The molecule has 0 aliphatic rings. The zero-order valence-corrected chi connectivity index (χ0v) is 12.2. The van der Waals surface area contributed by atoms with Gasteiger partial charge in [0.05, 0.1) is 34.7 Å². The van der Waals surface area contributed by atoms with Crippen molar-refractivity contribution >= 4 is 45.0 Å². The normalized spacial score (nSPS) is 10.1. The lowest BCUT2D eigenvalue weighted by atomic mass is 10.3. The van der Waals surface area contributed by atoms with Gasteiger partial charge in [0.25, 0.3) is 0 Å². The molecule has 19 heavy (non-hydrogen) atoms. The fourth-order valence-electron chi connectivity index (χ4n) is 1.37. The van der Waals surface area contributed by atoms with E-state index in [0.717, 1.165) is 5.69 Å². The van der Waals surface area contributed by atoms with Gasteiger partial charge < -0.3 is 10.1 Å². The van der Waals surface area contributed by atoms with Crippen LogP contribution in [0.25, 0.3) is 0 Å². The molecule has 0 aliphatic carbocycles. The third-order valence-electron chi connectivity index (χ3n) is 2.24. The van der Waals surface area contributed by atoms with Crippen LogP contribution in [0.4, 0.5) is 11.5 Å². The number of hydrogen-bond acceptors (Lipinski definition) is 5. The highest BCUT2D eigenvalue weighted by Crippen LogP contribution is 2.31. The third kappa shape index (κ3) is 3.21. The Labute approximate surface area is 123 Å². The van der Waals surface area contributed by atoms with E-state index < -0.39 is 5.97 Å². The van der Waals surface area contributed by atoms with Crippen LogP contribution in [0.15, 0.2) is 35.1 Å². The van der Waals surface area contributed by atoms with Gasteiger partial charge in [-0.3, -0.25) is 4.98 Å². The minimum Gasteiger partial charge on any atom is -0.464 e. The molecule has 0 saturated heterocycles. The van der Waals surface area contributed by atoms with Gasteiger partial charge in [-0.05, 0) is 28.1 Å². The minimum absolute atomic E-state index is 0.130. The van der Waals surface area contributed by atoms with Gasteiger partial charge in [-0.2, -0.15) is 0 Å². The van der Waals surface area contributed by atoms with Gasteiger partial charge in [0.15, 0.2) is 5.69 Å². The number of benzene rings is 1. The first-order chi connectivity index (χ1) is 9.11. The van der Waals surface area contributed by atoms with E-state index in [1.807, 2.05) is 6.07 Å². The predicted octanol–water partition coefficient (Wildman–Crippen LogP) is 3.42. The predicted molar refractivity (Wildman–Crippen MR) is 75.8 cm³/mol. The van der Waals surface area contributed by atoms with Crippen molar-refractivity contribution in [3.05, 3.63) is 45.8 Å². The van der Waals surface area contributed by atoms with E-state index in [9.17, 15) is 4.79 Å². The van der Waals surface area contributed by atoms with Crippen LogP contribution in [0.1, 0.15) is 10.5 Å². The standard InChI is InChI=1S/C12H9BrClN3O2/c1-19-12(18)9-5-15-6-10(17-9)16-8-4-2-3-7(14)11(8)13/h2-6H,1H3,(H,16,17). The Bertz CT molecular complexity index is 622. The molecule has 0 spiro atoms. The highest BCUT2D eigenvalue weighted by Gasteiger charge is 2.10. The summed E-state index contributed by atoms with van der Waals surface area (Å²) in [5, 5.41) is 3.59. The average Bonchev–Trinajstić information content (AvgIpc) is 2.43. The molecule has 0 amide bonds. The van der Waals surface area contributed by atoms with Crippen LogP contribution in [-0.2, 0) is 4.74 Å². The summed E-state index contributed by atoms with van der Waals surface area (Å²) < 4.78 is 5.29. The zero-order valence-electron chi connectivity index (χ0n) is 9.85. The molecule has 0 radical (unpaired) electrons. The summed E-state index contributed by atoms with van der Waals surface area (Å²) >= 11 is 9.35. The van der Waals surface area contributed by atoms with Crippen molar-refractivity contribution in [3.63, 3.8) is 0 Å². The van der Waals surface area contributed by atoms with E-state index in [2.05, 4.69) is 36.0 Å². The molecule has 1 heterocycles. The van der Waals surface area contributed by atoms with Gasteiger partial charge in [0.2, 0.25) is 0 Å². The topological polar surface area (TPSA) is 64.1 Å². The largest absolute Gasteiger partial charge is 0.464 e. The lowest BCUT2D eigenvalue weighted by molar-refractivity contribution is 0.0593.